The minimum Gasteiger partial charge on any atom is -0.0876 e. The van der Waals surface area contributed by atoms with E-state index in [1.165, 1.54) is 11.1 Å². The van der Waals surface area contributed by atoms with Gasteiger partial charge in [-0.2, -0.15) is 0 Å². The molecule has 0 saturated heterocycles. The third kappa shape index (κ3) is 2.23. The Bertz CT molecular complexity index is 191. The predicted molar refractivity (Wildman–Crippen MR) is 56.8 cm³/mol. The van der Waals surface area contributed by atoms with Crippen LogP contribution in [-0.2, 0) is 9.76 Å². The van der Waals surface area contributed by atoms with Crippen LogP contribution in [0.2, 0.25) is 0 Å². The fraction of sp³-hybridized carbons (Fsp3) is 0.250. The zero-order valence-electron chi connectivity index (χ0n) is 5.48. The van der Waals surface area contributed by atoms with Gasteiger partial charge in [0.1, 0.15) is 0 Å². The van der Waals surface area contributed by atoms with Gasteiger partial charge in [-0.1, -0.05) is 62.8 Å². The van der Waals surface area contributed by atoms with E-state index >= 15 is 0 Å². The van der Waals surface area contributed by atoms with Gasteiger partial charge in [-0.15, -0.1) is 0 Å². The van der Waals surface area contributed by atoms with E-state index in [0.29, 0.717) is 0 Å². The molecular weight excluding hydrogens is 303 g/mol. The van der Waals surface area contributed by atoms with Gasteiger partial charge in [-0.05, 0) is 11.1 Å². The Morgan fingerprint density at radius 2 is 2.00 bits per heavy atom. The summed E-state index contributed by atoms with van der Waals surface area (Å²) in [5.74, 6) is 0. The topological polar surface area (TPSA) is 0 Å². The third-order valence-corrected chi connectivity index (χ3v) is 2.83. The van der Waals surface area contributed by atoms with Gasteiger partial charge in [0.25, 0.3) is 0 Å². The van der Waals surface area contributed by atoms with E-state index in [9.17, 15) is 0 Å². The molecule has 0 aromatic heterocycles. The number of hydrogen-bond donors (Lipinski definition) is 0. The van der Waals surface area contributed by atoms with E-state index in [1.54, 1.807) is 0 Å². The number of halogens is 2. The maximum Gasteiger partial charge on any atom is 0.0283 e. The van der Waals surface area contributed by atoms with Crippen molar-refractivity contribution in [3.63, 3.8) is 0 Å². The summed E-state index contributed by atoms with van der Waals surface area (Å²) >= 11 is 5.79. The molecule has 0 amide bonds. The first-order valence-corrected chi connectivity index (χ1v) is 5.71. The molecule has 0 aliphatic rings. The summed E-state index contributed by atoms with van der Waals surface area (Å²) in [6, 6.07) is 8.61. The monoisotopic (exact) mass is 310 g/mol. The Kier molecular flexibility index (Phi) is 3.70. The summed E-state index contributed by atoms with van der Waals surface area (Å²) in [7, 11) is 0. The molecule has 1 aromatic rings. The first kappa shape index (κ1) is 8.53. The number of benzene rings is 1. The van der Waals surface area contributed by atoms with E-state index in [2.05, 4.69) is 62.8 Å². The number of alkyl halides is 2. The van der Waals surface area contributed by atoms with Crippen molar-refractivity contribution in [2.24, 2.45) is 0 Å². The van der Waals surface area contributed by atoms with Crippen LogP contribution in [0.4, 0.5) is 0 Å². The molecule has 2 heteroatoms. The minimum absolute atomic E-state index is 0.956. The molecule has 0 nitrogen and oxygen atoms in total. The van der Waals surface area contributed by atoms with Gasteiger partial charge >= 0.3 is 0 Å². The molecule has 0 aliphatic carbocycles. The van der Waals surface area contributed by atoms with Gasteiger partial charge in [-0.25, -0.2) is 0 Å². The van der Waals surface area contributed by atoms with Crippen LogP contribution >= 0.6 is 38.5 Å². The van der Waals surface area contributed by atoms with Crippen LogP contribution in [0.15, 0.2) is 24.3 Å². The Morgan fingerprint density at radius 1 is 1.30 bits per heavy atom. The molecule has 0 fully saturated rings. The van der Waals surface area contributed by atoms with Crippen LogP contribution in [0.25, 0.3) is 0 Å². The Balaban J connectivity index is 2.87. The van der Waals surface area contributed by atoms with Gasteiger partial charge < -0.3 is 0 Å². The molecule has 0 spiro atoms. The highest BCUT2D eigenvalue weighted by Gasteiger charge is 1.90. The molecule has 0 saturated carbocycles. The normalized spacial score (nSPS) is 9.80. The van der Waals surface area contributed by atoms with Crippen LogP contribution in [0.5, 0.6) is 0 Å². The molecule has 0 aliphatic heterocycles. The van der Waals surface area contributed by atoms with Gasteiger partial charge in [0.15, 0.2) is 0 Å². The van der Waals surface area contributed by atoms with Gasteiger partial charge in [0.2, 0.25) is 0 Å². The summed E-state index contributed by atoms with van der Waals surface area (Å²) in [6.45, 7) is 0. The lowest BCUT2D eigenvalue weighted by Gasteiger charge is -1.97. The molecular formula is C8H8BrI. The van der Waals surface area contributed by atoms with Gasteiger partial charge in [0, 0.05) is 9.76 Å². The lowest BCUT2D eigenvalue weighted by molar-refractivity contribution is 1.36. The average Bonchev–Trinajstić information content (AvgIpc) is 2.05. The Hall–Kier alpha value is 0.430. The Morgan fingerprint density at radius 3 is 2.60 bits per heavy atom. The number of rotatable bonds is 2. The van der Waals surface area contributed by atoms with Crippen LogP contribution in [0, 0.1) is 0 Å². The van der Waals surface area contributed by atoms with Crippen molar-refractivity contribution in [2.45, 2.75) is 9.76 Å². The third-order valence-electron chi connectivity index (χ3n) is 1.30. The highest BCUT2D eigenvalue weighted by molar-refractivity contribution is 14.1. The van der Waals surface area contributed by atoms with Crippen molar-refractivity contribution in [2.75, 3.05) is 0 Å². The van der Waals surface area contributed by atoms with Crippen LogP contribution in [-0.4, -0.2) is 0 Å². The van der Waals surface area contributed by atoms with Crippen molar-refractivity contribution in [1.29, 1.82) is 0 Å². The molecule has 1 aromatic carbocycles. The molecule has 0 heterocycles. The summed E-state index contributed by atoms with van der Waals surface area (Å²) in [5, 5.41) is 0.956. The average molecular weight is 311 g/mol. The van der Waals surface area contributed by atoms with Gasteiger partial charge in [0.05, 0.1) is 0 Å². The molecule has 0 N–H and O–H groups in total. The molecule has 10 heavy (non-hydrogen) atoms. The molecule has 0 radical (unpaired) electrons. The van der Waals surface area contributed by atoms with Crippen LogP contribution in [0.3, 0.4) is 0 Å². The first-order valence-electron chi connectivity index (χ1n) is 3.06. The maximum absolute atomic E-state index is 3.42. The molecule has 1 rings (SSSR count). The highest BCUT2D eigenvalue weighted by Crippen LogP contribution is 2.11. The lowest BCUT2D eigenvalue weighted by atomic mass is 10.2. The number of hydrogen-bond acceptors (Lipinski definition) is 0. The van der Waals surface area contributed by atoms with Crippen molar-refractivity contribution in [3.8, 4) is 0 Å². The first-order chi connectivity index (χ1) is 4.86. The fourth-order valence-corrected chi connectivity index (χ4v) is 1.62. The van der Waals surface area contributed by atoms with E-state index in [1.807, 2.05) is 0 Å². The SMILES string of the molecule is BrCc1cccc(CI)c1. The summed E-state index contributed by atoms with van der Waals surface area (Å²) in [4.78, 5) is 0. The largest absolute Gasteiger partial charge is 0.0876 e. The zero-order chi connectivity index (χ0) is 7.40. The highest BCUT2D eigenvalue weighted by atomic mass is 127. The van der Waals surface area contributed by atoms with Crippen molar-refractivity contribution < 1.29 is 0 Å². The summed E-state index contributed by atoms with van der Waals surface area (Å²) in [5.41, 5.74) is 2.76. The van der Waals surface area contributed by atoms with Crippen LogP contribution in [0.1, 0.15) is 11.1 Å². The van der Waals surface area contributed by atoms with Crippen molar-refractivity contribution in [1.82, 2.24) is 0 Å². The molecule has 0 unspecified atom stereocenters. The van der Waals surface area contributed by atoms with Gasteiger partial charge in [-0.3, -0.25) is 0 Å². The van der Waals surface area contributed by atoms with E-state index in [0.717, 1.165) is 9.76 Å². The predicted octanol–water partition coefficient (Wildman–Crippen LogP) is 3.52. The molecule has 0 bridgehead atoms. The second kappa shape index (κ2) is 4.34. The maximum atomic E-state index is 3.42. The molecule has 54 valence electrons. The summed E-state index contributed by atoms with van der Waals surface area (Å²) < 4.78 is 1.10. The van der Waals surface area contributed by atoms with Crippen molar-refractivity contribution >= 4 is 38.5 Å². The summed E-state index contributed by atoms with van der Waals surface area (Å²) in [6.07, 6.45) is 0. The second-order valence-corrected chi connectivity index (χ2v) is 3.41. The minimum atomic E-state index is 0.956. The quantitative estimate of drug-likeness (QED) is 0.579. The molecule has 0 atom stereocenters. The lowest BCUT2D eigenvalue weighted by Crippen LogP contribution is -1.80. The fourth-order valence-electron chi connectivity index (χ4n) is 0.796. The van der Waals surface area contributed by atoms with Crippen molar-refractivity contribution in [3.05, 3.63) is 35.4 Å². The zero-order valence-corrected chi connectivity index (χ0v) is 9.22. The van der Waals surface area contributed by atoms with E-state index < -0.39 is 0 Å². The second-order valence-electron chi connectivity index (χ2n) is 2.09. The van der Waals surface area contributed by atoms with E-state index in [4.69, 9.17) is 0 Å². The van der Waals surface area contributed by atoms with E-state index in [-0.39, 0.29) is 0 Å². The van der Waals surface area contributed by atoms with Crippen LogP contribution < -0.4 is 0 Å². The Labute approximate surface area is 83.3 Å². The smallest absolute Gasteiger partial charge is 0.0283 e. The standard InChI is InChI=1S/C8H8BrI/c9-5-7-2-1-3-8(4-7)6-10/h1-4H,5-6H2.